The van der Waals surface area contributed by atoms with Gasteiger partial charge in [0.1, 0.15) is 0 Å². The maximum Gasteiger partial charge on any atom is 0.0527 e. The Morgan fingerprint density at radius 2 is 2.20 bits per heavy atom. The number of rotatable bonds is 3. The van der Waals surface area contributed by atoms with Gasteiger partial charge in [0.05, 0.1) is 11.9 Å². The van der Waals surface area contributed by atoms with Crippen LogP contribution in [0.2, 0.25) is 0 Å². The standard InChI is InChI=1S/C12H18N2O/c1-10-2-3-12(9-13-10)14-8-11-4-6-15-7-5-11/h2-3,9,11,14H,4-8H2,1H3. The van der Waals surface area contributed by atoms with Crippen LogP contribution in [0.5, 0.6) is 0 Å². The summed E-state index contributed by atoms with van der Waals surface area (Å²) in [7, 11) is 0. The van der Waals surface area contributed by atoms with Crippen molar-refractivity contribution in [2.75, 3.05) is 25.1 Å². The van der Waals surface area contributed by atoms with Gasteiger partial charge in [-0.25, -0.2) is 0 Å². The third kappa shape index (κ3) is 3.20. The Hall–Kier alpha value is -1.09. The molecule has 82 valence electrons. The lowest BCUT2D eigenvalue weighted by Gasteiger charge is -2.22. The Balaban J connectivity index is 1.79. The van der Waals surface area contributed by atoms with Crippen molar-refractivity contribution in [3.05, 3.63) is 24.0 Å². The average molecular weight is 206 g/mol. The van der Waals surface area contributed by atoms with E-state index >= 15 is 0 Å². The summed E-state index contributed by atoms with van der Waals surface area (Å²) in [6.07, 6.45) is 4.24. The SMILES string of the molecule is Cc1ccc(NCC2CCOCC2)cn1. The summed E-state index contributed by atoms with van der Waals surface area (Å²) in [6.45, 7) is 4.87. The van der Waals surface area contributed by atoms with Crippen LogP contribution >= 0.6 is 0 Å². The first kappa shape index (κ1) is 10.4. The van der Waals surface area contributed by atoms with Gasteiger partial charge in [-0.15, -0.1) is 0 Å². The lowest BCUT2D eigenvalue weighted by Crippen LogP contribution is -2.22. The van der Waals surface area contributed by atoms with Crippen LogP contribution in [0.1, 0.15) is 18.5 Å². The van der Waals surface area contributed by atoms with E-state index in [0.29, 0.717) is 0 Å². The Bertz CT molecular complexity index is 291. The van der Waals surface area contributed by atoms with Crippen molar-refractivity contribution in [3.63, 3.8) is 0 Å². The number of hydrogen-bond donors (Lipinski definition) is 1. The minimum atomic E-state index is 0.750. The number of pyridine rings is 1. The molecule has 0 radical (unpaired) electrons. The van der Waals surface area contributed by atoms with E-state index in [1.165, 1.54) is 12.8 Å². The van der Waals surface area contributed by atoms with E-state index in [1.807, 2.05) is 19.2 Å². The molecule has 15 heavy (non-hydrogen) atoms. The molecule has 0 unspecified atom stereocenters. The number of aromatic nitrogens is 1. The second kappa shape index (κ2) is 5.12. The second-order valence-electron chi connectivity index (χ2n) is 4.12. The van der Waals surface area contributed by atoms with Gasteiger partial charge in [0, 0.05) is 25.5 Å². The molecule has 3 heteroatoms. The molecule has 0 bridgehead atoms. The molecule has 1 aromatic rings. The molecule has 2 rings (SSSR count). The zero-order chi connectivity index (χ0) is 10.5. The predicted octanol–water partition coefficient (Wildman–Crippen LogP) is 2.23. The topological polar surface area (TPSA) is 34.1 Å². The van der Waals surface area contributed by atoms with Gasteiger partial charge in [-0.3, -0.25) is 4.98 Å². The molecule has 1 aromatic heterocycles. The summed E-state index contributed by atoms with van der Waals surface area (Å²) in [5, 5.41) is 3.42. The molecule has 3 nitrogen and oxygen atoms in total. The molecule has 0 atom stereocenters. The molecule has 0 amide bonds. The molecular weight excluding hydrogens is 188 g/mol. The van der Waals surface area contributed by atoms with Crippen LogP contribution in [0.3, 0.4) is 0 Å². The maximum absolute atomic E-state index is 5.33. The van der Waals surface area contributed by atoms with E-state index < -0.39 is 0 Å². The molecule has 0 spiro atoms. The summed E-state index contributed by atoms with van der Waals surface area (Å²) in [6, 6.07) is 4.12. The fraction of sp³-hybridized carbons (Fsp3) is 0.583. The molecule has 0 saturated carbocycles. The van der Waals surface area contributed by atoms with Gasteiger partial charge < -0.3 is 10.1 Å². The first-order valence-electron chi connectivity index (χ1n) is 5.59. The largest absolute Gasteiger partial charge is 0.384 e. The minimum absolute atomic E-state index is 0.750. The lowest BCUT2D eigenvalue weighted by molar-refractivity contribution is 0.0699. The quantitative estimate of drug-likeness (QED) is 0.823. The molecule has 2 heterocycles. The van der Waals surface area contributed by atoms with Gasteiger partial charge in [0.15, 0.2) is 0 Å². The van der Waals surface area contributed by atoms with Crippen LogP contribution in [-0.4, -0.2) is 24.7 Å². The molecule has 0 aliphatic carbocycles. The van der Waals surface area contributed by atoms with Crippen molar-refractivity contribution in [1.82, 2.24) is 4.98 Å². The normalized spacial score (nSPS) is 17.7. The number of ether oxygens (including phenoxy) is 1. The van der Waals surface area contributed by atoms with Crippen LogP contribution in [-0.2, 0) is 4.74 Å². The van der Waals surface area contributed by atoms with Crippen molar-refractivity contribution < 1.29 is 4.74 Å². The summed E-state index contributed by atoms with van der Waals surface area (Å²) in [4.78, 5) is 4.26. The molecular formula is C12H18N2O. The summed E-state index contributed by atoms with van der Waals surface area (Å²) >= 11 is 0. The van der Waals surface area contributed by atoms with E-state index in [2.05, 4.69) is 16.4 Å². The number of hydrogen-bond acceptors (Lipinski definition) is 3. The maximum atomic E-state index is 5.33. The Morgan fingerprint density at radius 3 is 2.87 bits per heavy atom. The van der Waals surface area contributed by atoms with Crippen LogP contribution in [0.15, 0.2) is 18.3 Å². The van der Waals surface area contributed by atoms with Crippen molar-refractivity contribution >= 4 is 5.69 Å². The first-order valence-corrected chi connectivity index (χ1v) is 5.59. The monoisotopic (exact) mass is 206 g/mol. The van der Waals surface area contributed by atoms with E-state index in [4.69, 9.17) is 4.74 Å². The summed E-state index contributed by atoms with van der Waals surface area (Å²) in [5.41, 5.74) is 2.18. The minimum Gasteiger partial charge on any atom is -0.384 e. The molecule has 1 aliphatic rings. The van der Waals surface area contributed by atoms with Crippen LogP contribution in [0.25, 0.3) is 0 Å². The van der Waals surface area contributed by atoms with E-state index in [0.717, 1.165) is 37.1 Å². The number of aryl methyl sites for hydroxylation is 1. The van der Waals surface area contributed by atoms with Crippen molar-refractivity contribution in [1.29, 1.82) is 0 Å². The van der Waals surface area contributed by atoms with Crippen LogP contribution in [0, 0.1) is 12.8 Å². The Labute approximate surface area is 90.9 Å². The molecule has 0 aromatic carbocycles. The van der Waals surface area contributed by atoms with Gasteiger partial charge in [-0.2, -0.15) is 0 Å². The van der Waals surface area contributed by atoms with E-state index in [1.54, 1.807) is 0 Å². The summed E-state index contributed by atoms with van der Waals surface area (Å²) in [5.74, 6) is 0.750. The van der Waals surface area contributed by atoms with Gasteiger partial charge in [0.25, 0.3) is 0 Å². The fourth-order valence-corrected chi connectivity index (χ4v) is 1.79. The molecule has 1 aliphatic heterocycles. The highest BCUT2D eigenvalue weighted by atomic mass is 16.5. The highest BCUT2D eigenvalue weighted by Crippen LogP contribution is 2.15. The van der Waals surface area contributed by atoms with Crippen LogP contribution < -0.4 is 5.32 Å². The van der Waals surface area contributed by atoms with Crippen LogP contribution in [0.4, 0.5) is 5.69 Å². The number of nitrogens with one attached hydrogen (secondary N) is 1. The third-order valence-electron chi connectivity index (χ3n) is 2.85. The highest BCUT2D eigenvalue weighted by Gasteiger charge is 2.12. The van der Waals surface area contributed by atoms with Crippen molar-refractivity contribution in [2.24, 2.45) is 5.92 Å². The summed E-state index contributed by atoms with van der Waals surface area (Å²) < 4.78 is 5.33. The van der Waals surface area contributed by atoms with Crippen molar-refractivity contribution in [2.45, 2.75) is 19.8 Å². The molecule has 1 saturated heterocycles. The molecule has 1 fully saturated rings. The van der Waals surface area contributed by atoms with Crippen molar-refractivity contribution in [3.8, 4) is 0 Å². The van der Waals surface area contributed by atoms with E-state index in [-0.39, 0.29) is 0 Å². The smallest absolute Gasteiger partial charge is 0.0527 e. The molecule has 1 N–H and O–H groups in total. The highest BCUT2D eigenvalue weighted by molar-refractivity contribution is 5.40. The van der Waals surface area contributed by atoms with Gasteiger partial charge in [-0.1, -0.05) is 0 Å². The van der Waals surface area contributed by atoms with E-state index in [9.17, 15) is 0 Å². The zero-order valence-electron chi connectivity index (χ0n) is 9.20. The fourth-order valence-electron chi connectivity index (χ4n) is 1.79. The second-order valence-corrected chi connectivity index (χ2v) is 4.12. The third-order valence-corrected chi connectivity index (χ3v) is 2.85. The number of nitrogens with zero attached hydrogens (tertiary/aromatic N) is 1. The number of anilines is 1. The lowest BCUT2D eigenvalue weighted by atomic mass is 10.0. The van der Waals surface area contributed by atoms with Gasteiger partial charge in [-0.05, 0) is 37.8 Å². The Morgan fingerprint density at radius 1 is 1.40 bits per heavy atom. The average Bonchev–Trinajstić information content (AvgIpc) is 2.30. The Kier molecular flexibility index (Phi) is 3.56. The zero-order valence-corrected chi connectivity index (χ0v) is 9.20. The predicted molar refractivity (Wildman–Crippen MR) is 61.0 cm³/mol. The van der Waals surface area contributed by atoms with Gasteiger partial charge in [0.2, 0.25) is 0 Å². The first-order chi connectivity index (χ1) is 7.34. The van der Waals surface area contributed by atoms with Gasteiger partial charge >= 0.3 is 0 Å².